The molecule has 2 aromatic rings. The maximum absolute atomic E-state index is 15.9. The molecule has 35 heavy (non-hydrogen) atoms. The molecule has 3 heterocycles. The first-order valence-corrected chi connectivity index (χ1v) is 13.1. The van der Waals surface area contributed by atoms with E-state index in [2.05, 4.69) is 40.4 Å². The molecule has 0 amide bonds. The molecule has 7 heteroatoms. The Labute approximate surface area is 208 Å². The van der Waals surface area contributed by atoms with Crippen LogP contribution in [0.5, 0.6) is 0 Å². The van der Waals surface area contributed by atoms with Crippen LogP contribution in [0.25, 0.3) is 10.9 Å². The Morgan fingerprint density at radius 3 is 2.49 bits per heavy atom. The minimum atomic E-state index is -0.451. The van der Waals surface area contributed by atoms with E-state index in [0.29, 0.717) is 16.6 Å². The van der Waals surface area contributed by atoms with Gasteiger partial charge in [-0.05, 0) is 89.7 Å². The third-order valence-electron chi connectivity index (χ3n) is 8.17. The van der Waals surface area contributed by atoms with E-state index < -0.39 is 11.6 Å². The van der Waals surface area contributed by atoms with E-state index >= 15 is 8.78 Å². The van der Waals surface area contributed by atoms with Gasteiger partial charge in [0.15, 0.2) is 5.82 Å². The van der Waals surface area contributed by atoms with Crippen molar-refractivity contribution in [2.75, 3.05) is 46.8 Å². The topological polar surface area (TPSA) is 36.3 Å². The molecule has 2 saturated heterocycles. The molecule has 0 saturated carbocycles. The number of fused-ring (bicyclic) bond motifs is 1. The number of likely N-dealkylation sites (tertiary alicyclic amines) is 2. The summed E-state index contributed by atoms with van der Waals surface area (Å²) in [7, 11) is 5.74. The predicted octanol–water partition coefficient (Wildman–Crippen LogP) is 5.16. The van der Waals surface area contributed by atoms with Gasteiger partial charge >= 0.3 is 0 Å². The number of allylic oxidation sites excluding steroid dienone is 2. The van der Waals surface area contributed by atoms with Crippen molar-refractivity contribution < 1.29 is 8.78 Å². The zero-order valence-corrected chi connectivity index (χ0v) is 21.6. The van der Waals surface area contributed by atoms with Crippen LogP contribution in [0.1, 0.15) is 61.6 Å². The highest BCUT2D eigenvalue weighted by Crippen LogP contribution is 2.39. The van der Waals surface area contributed by atoms with E-state index in [1.165, 1.54) is 32.0 Å². The Kier molecular flexibility index (Phi) is 8.27. The molecule has 1 aromatic heterocycles. The van der Waals surface area contributed by atoms with E-state index in [4.69, 9.17) is 0 Å². The van der Waals surface area contributed by atoms with Crippen LogP contribution in [0.15, 0.2) is 31.0 Å². The molecule has 192 valence electrons. The number of nitrogens with zero attached hydrogens (tertiary/aromatic N) is 4. The second-order valence-electron chi connectivity index (χ2n) is 10.5. The number of piperidine rings is 2. The molecule has 2 aliphatic heterocycles. The molecule has 1 N–H and O–H groups in total. The van der Waals surface area contributed by atoms with E-state index in [1.54, 1.807) is 11.7 Å². The van der Waals surface area contributed by atoms with E-state index in [9.17, 15) is 0 Å². The minimum Gasteiger partial charge on any atom is -0.391 e. The smallest absolute Gasteiger partial charge is 0.155 e. The van der Waals surface area contributed by atoms with Crippen LogP contribution in [-0.2, 0) is 7.05 Å². The highest BCUT2D eigenvalue weighted by molar-refractivity contribution is 5.84. The SMILES string of the molecule is C=CCCC(C(=C)NC)c1nn(C)c2c(F)c(C3CCN(CC4CCN(C)CC4)CC3)c(F)cc12. The summed E-state index contributed by atoms with van der Waals surface area (Å²) in [6.45, 7) is 13.2. The fourth-order valence-corrected chi connectivity index (χ4v) is 5.98. The van der Waals surface area contributed by atoms with Gasteiger partial charge in [0.1, 0.15) is 11.3 Å². The number of rotatable bonds is 9. The summed E-state index contributed by atoms with van der Waals surface area (Å²) in [6.07, 6.45) is 7.41. The third-order valence-corrected chi connectivity index (χ3v) is 8.17. The Balaban J connectivity index is 1.54. The van der Waals surface area contributed by atoms with Gasteiger partial charge in [0.2, 0.25) is 0 Å². The van der Waals surface area contributed by atoms with Crippen molar-refractivity contribution in [2.24, 2.45) is 13.0 Å². The minimum absolute atomic E-state index is 0.102. The molecule has 0 spiro atoms. The molecule has 4 rings (SSSR count). The molecule has 1 atom stereocenters. The second kappa shape index (κ2) is 11.2. The summed E-state index contributed by atoms with van der Waals surface area (Å²) in [5.74, 6) is -0.408. The predicted molar refractivity (Wildman–Crippen MR) is 140 cm³/mol. The monoisotopic (exact) mass is 485 g/mol. The molecule has 5 nitrogen and oxygen atoms in total. The van der Waals surface area contributed by atoms with Gasteiger partial charge in [0, 0.05) is 43.2 Å². The van der Waals surface area contributed by atoms with Gasteiger partial charge in [-0.25, -0.2) is 8.78 Å². The Bertz CT molecular complexity index is 1050. The average molecular weight is 486 g/mol. The first-order valence-electron chi connectivity index (χ1n) is 13.1. The van der Waals surface area contributed by atoms with Crippen molar-refractivity contribution in [1.82, 2.24) is 24.9 Å². The highest BCUT2D eigenvalue weighted by atomic mass is 19.1. The molecule has 2 aliphatic rings. The zero-order valence-electron chi connectivity index (χ0n) is 21.6. The number of aryl methyl sites for hydroxylation is 1. The van der Waals surface area contributed by atoms with Gasteiger partial charge in [-0.15, -0.1) is 6.58 Å². The summed E-state index contributed by atoms with van der Waals surface area (Å²) in [5.41, 5.74) is 2.08. The van der Waals surface area contributed by atoms with E-state index in [0.717, 1.165) is 56.9 Å². The Hall–Kier alpha value is -2.25. The maximum atomic E-state index is 15.9. The van der Waals surface area contributed by atoms with Crippen molar-refractivity contribution >= 4 is 10.9 Å². The molecule has 2 fully saturated rings. The molecular weight excluding hydrogens is 444 g/mol. The molecule has 1 aromatic carbocycles. The van der Waals surface area contributed by atoms with Gasteiger partial charge in [-0.1, -0.05) is 12.7 Å². The number of nitrogens with one attached hydrogen (secondary N) is 1. The van der Waals surface area contributed by atoms with Gasteiger partial charge in [-0.2, -0.15) is 5.10 Å². The quantitative estimate of drug-likeness (QED) is 0.498. The summed E-state index contributed by atoms with van der Waals surface area (Å²) in [5, 5.41) is 8.29. The van der Waals surface area contributed by atoms with Crippen LogP contribution in [0.4, 0.5) is 8.78 Å². The third kappa shape index (κ3) is 5.46. The average Bonchev–Trinajstić information content (AvgIpc) is 3.17. The first-order chi connectivity index (χ1) is 16.8. The van der Waals surface area contributed by atoms with Crippen LogP contribution < -0.4 is 5.32 Å². The Morgan fingerprint density at radius 2 is 1.86 bits per heavy atom. The van der Waals surface area contributed by atoms with Crippen molar-refractivity contribution in [2.45, 2.75) is 50.4 Å². The molecule has 0 radical (unpaired) electrons. The van der Waals surface area contributed by atoms with Crippen molar-refractivity contribution in [3.05, 3.63) is 53.9 Å². The van der Waals surface area contributed by atoms with Gasteiger partial charge < -0.3 is 15.1 Å². The number of aromatic nitrogens is 2. The second-order valence-corrected chi connectivity index (χ2v) is 10.5. The standard InChI is InChI=1S/C28H41F2N5/c1-6-7-8-22(19(2)31-3)27-23-17-24(29)25(26(30)28(23)34(5)32-27)21-11-15-35(16-12-21)18-20-9-13-33(4)14-10-20/h6,17,20-22,31H,1-2,7-16,18H2,3-5H3. The maximum Gasteiger partial charge on any atom is 0.155 e. The van der Waals surface area contributed by atoms with Crippen molar-refractivity contribution in [3.63, 3.8) is 0 Å². The summed E-state index contributed by atoms with van der Waals surface area (Å²) >= 11 is 0. The van der Waals surface area contributed by atoms with E-state index in [1.807, 2.05) is 13.1 Å². The Morgan fingerprint density at radius 1 is 1.17 bits per heavy atom. The normalized spacial score (nSPS) is 19.8. The van der Waals surface area contributed by atoms with Gasteiger partial charge in [0.05, 0.1) is 5.69 Å². The number of halogens is 2. The number of likely N-dealkylation sites (N-methyl/N-ethyl adjacent to an activating group) is 1. The summed E-state index contributed by atoms with van der Waals surface area (Å²) in [6, 6.07) is 1.50. The van der Waals surface area contributed by atoms with Gasteiger partial charge in [0.25, 0.3) is 0 Å². The van der Waals surface area contributed by atoms with Crippen molar-refractivity contribution in [3.8, 4) is 0 Å². The lowest BCUT2D eigenvalue weighted by molar-refractivity contribution is 0.138. The largest absolute Gasteiger partial charge is 0.391 e. The zero-order chi connectivity index (χ0) is 25.1. The molecule has 0 bridgehead atoms. The molecule has 1 unspecified atom stereocenters. The number of hydrogen-bond acceptors (Lipinski definition) is 4. The van der Waals surface area contributed by atoms with Crippen LogP contribution in [0, 0.1) is 17.6 Å². The fourth-order valence-electron chi connectivity index (χ4n) is 5.98. The fraction of sp³-hybridized carbons (Fsp3) is 0.607. The van der Waals surface area contributed by atoms with Crippen LogP contribution in [0.2, 0.25) is 0 Å². The number of benzene rings is 1. The number of hydrogen-bond donors (Lipinski definition) is 1. The van der Waals surface area contributed by atoms with Gasteiger partial charge in [-0.3, -0.25) is 4.68 Å². The van der Waals surface area contributed by atoms with Crippen LogP contribution >= 0.6 is 0 Å². The lowest BCUT2D eigenvalue weighted by Gasteiger charge is -2.37. The van der Waals surface area contributed by atoms with Crippen LogP contribution in [0.3, 0.4) is 0 Å². The summed E-state index contributed by atoms with van der Waals surface area (Å²) < 4.78 is 33.0. The lowest BCUT2D eigenvalue weighted by atomic mass is 9.86. The van der Waals surface area contributed by atoms with Crippen molar-refractivity contribution in [1.29, 1.82) is 0 Å². The lowest BCUT2D eigenvalue weighted by Crippen LogP contribution is -2.40. The van der Waals surface area contributed by atoms with Crippen LogP contribution in [-0.4, -0.2) is 66.4 Å². The first kappa shape index (κ1) is 25.8. The summed E-state index contributed by atoms with van der Waals surface area (Å²) in [4.78, 5) is 4.89. The molecule has 0 aliphatic carbocycles. The van der Waals surface area contributed by atoms with E-state index in [-0.39, 0.29) is 17.4 Å². The molecular formula is C28H41F2N5. The highest BCUT2D eigenvalue weighted by Gasteiger charge is 2.31.